The Balaban J connectivity index is 0.000000387. The molecule has 144 valence electrons. The Labute approximate surface area is 159 Å². The van der Waals surface area contributed by atoms with Gasteiger partial charge in [0.25, 0.3) is 5.91 Å². The molecule has 0 saturated heterocycles. The first kappa shape index (κ1) is 23.5. The molecule has 1 heterocycles. The summed E-state index contributed by atoms with van der Waals surface area (Å²) in [6, 6.07) is 14.9. The van der Waals surface area contributed by atoms with E-state index < -0.39 is 5.91 Å². The van der Waals surface area contributed by atoms with Crippen molar-refractivity contribution < 1.29 is 14.4 Å². The summed E-state index contributed by atoms with van der Waals surface area (Å²) in [4.78, 5) is 34.4. The zero-order valence-electron chi connectivity index (χ0n) is 15.2. The number of rotatable bonds is 7. The quantitative estimate of drug-likeness (QED) is 0.638. The standard InChI is InChI=1S/C9H11NO.C6H6N2O.C5H9NO/c10-9(11)7-6-8-4-2-1-3-5-8;7-6(9)5-3-1-2-4-8-5;1-2-3-4-5(6)7/h1-5H,6-7H2,(H2,10,11);1-4H,(H2,7,9);2H,1,3-4H2,(H2,6,7). The van der Waals surface area contributed by atoms with E-state index in [4.69, 9.17) is 17.2 Å². The second-order valence-corrected chi connectivity index (χ2v) is 5.32. The molecule has 7 heteroatoms. The highest BCUT2D eigenvalue weighted by Gasteiger charge is 1.96. The van der Waals surface area contributed by atoms with E-state index in [9.17, 15) is 14.4 Å². The lowest BCUT2D eigenvalue weighted by Crippen LogP contribution is -2.12. The summed E-state index contributed by atoms with van der Waals surface area (Å²) in [7, 11) is 0. The third kappa shape index (κ3) is 14.6. The van der Waals surface area contributed by atoms with Crippen LogP contribution in [0.5, 0.6) is 0 Å². The van der Waals surface area contributed by atoms with Crippen molar-refractivity contribution in [3.63, 3.8) is 0 Å². The molecule has 0 radical (unpaired) electrons. The Morgan fingerprint density at radius 1 is 0.889 bits per heavy atom. The highest BCUT2D eigenvalue weighted by molar-refractivity contribution is 5.90. The zero-order chi connectivity index (χ0) is 20.5. The van der Waals surface area contributed by atoms with Gasteiger partial charge in [-0.1, -0.05) is 42.5 Å². The smallest absolute Gasteiger partial charge is 0.267 e. The Bertz CT molecular complexity index is 704. The first-order chi connectivity index (χ1) is 12.9. The van der Waals surface area contributed by atoms with Crippen LogP contribution in [0.1, 0.15) is 35.3 Å². The van der Waals surface area contributed by atoms with Crippen LogP contribution in [-0.2, 0) is 16.0 Å². The Hall–Kier alpha value is -3.48. The maximum Gasteiger partial charge on any atom is 0.267 e. The maximum atomic E-state index is 10.4. The number of amides is 3. The second kappa shape index (κ2) is 14.8. The van der Waals surface area contributed by atoms with Crippen LogP contribution in [0.15, 0.2) is 67.4 Å². The number of benzene rings is 1. The lowest BCUT2D eigenvalue weighted by atomic mass is 10.1. The summed E-state index contributed by atoms with van der Waals surface area (Å²) in [6.07, 6.45) is 5.49. The van der Waals surface area contributed by atoms with Crippen molar-refractivity contribution in [3.05, 3.63) is 78.6 Å². The summed E-state index contributed by atoms with van der Waals surface area (Å²) in [5.41, 5.74) is 16.2. The van der Waals surface area contributed by atoms with E-state index in [-0.39, 0.29) is 11.8 Å². The molecular formula is C20H26N4O3. The fourth-order valence-electron chi connectivity index (χ4n) is 1.67. The lowest BCUT2D eigenvalue weighted by molar-refractivity contribution is -0.118. The summed E-state index contributed by atoms with van der Waals surface area (Å²) < 4.78 is 0. The number of aromatic nitrogens is 1. The van der Waals surface area contributed by atoms with E-state index in [0.717, 1.165) is 12.0 Å². The second-order valence-electron chi connectivity index (χ2n) is 5.32. The van der Waals surface area contributed by atoms with Crippen molar-refractivity contribution in [1.29, 1.82) is 0 Å². The minimum atomic E-state index is -0.490. The zero-order valence-corrected chi connectivity index (χ0v) is 15.2. The van der Waals surface area contributed by atoms with Gasteiger partial charge in [0, 0.05) is 19.0 Å². The molecule has 0 saturated carbocycles. The molecule has 0 spiro atoms. The highest BCUT2D eigenvalue weighted by atomic mass is 16.2. The van der Waals surface area contributed by atoms with E-state index in [2.05, 4.69) is 11.6 Å². The molecule has 0 unspecified atom stereocenters. The number of allylic oxidation sites excluding steroid dienone is 1. The predicted octanol–water partition coefficient (Wildman–Crippen LogP) is 1.72. The molecule has 0 aliphatic rings. The van der Waals surface area contributed by atoms with Crippen LogP contribution in [-0.4, -0.2) is 22.7 Å². The van der Waals surface area contributed by atoms with E-state index in [1.54, 1.807) is 24.3 Å². The number of primary amides is 3. The van der Waals surface area contributed by atoms with E-state index in [1.807, 2.05) is 30.3 Å². The van der Waals surface area contributed by atoms with Crippen LogP contribution < -0.4 is 17.2 Å². The minimum Gasteiger partial charge on any atom is -0.370 e. The number of nitrogens with two attached hydrogens (primary N) is 3. The van der Waals surface area contributed by atoms with Crippen LogP contribution in [0.3, 0.4) is 0 Å². The third-order valence-corrected chi connectivity index (χ3v) is 3.02. The molecular weight excluding hydrogens is 344 g/mol. The molecule has 6 N–H and O–H groups in total. The molecule has 7 nitrogen and oxygen atoms in total. The molecule has 0 fully saturated rings. The fourth-order valence-corrected chi connectivity index (χ4v) is 1.67. The third-order valence-electron chi connectivity index (χ3n) is 3.02. The Kier molecular flexibility index (Phi) is 12.9. The number of nitrogens with zero attached hydrogens (tertiary/aromatic N) is 1. The van der Waals surface area contributed by atoms with Gasteiger partial charge in [0.1, 0.15) is 5.69 Å². The van der Waals surface area contributed by atoms with Gasteiger partial charge in [0.05, 0.1) is 0 Å². The highest BCUT2D eigenvalue weighted by Crippen LogP contribution is 2.01. The normalized spacial score (nSPS) is 8.89. The minimum absolute atomic E-state index is 0.242. The van der Waals surface area contributed by atoms with Gasteiger partial charge in [-0.3, -0.25) is 19.4 Å². The van der Waals surface area contributed by atoms with E-state index >= 15 is 0 Å². The van der Waals surface area contributed by atoms with Gasteiger partial charge < -0.3 is 17.2 Å². The van der Waals surface area contributed by atoms with Gasteiger partial charge in [0.15, 0.2) is 0 Å². The van der Waals surface area contributed by atoms with Gasteiger partial charge in [-0.25, -0.2) is 0 Å². The van der Waals surface area contributed by atoms with Crippen molar-refractivity contribution in [3.8, 4) is 0 Å². The van der Waals surface area contributed by atoms with Crippen LogP contribution >= 0.6 is 0 Å². The predicted molar refractivity (Wildman–Crippen MR) is 105 cm³/mol. The van der Waals surface area contributed by atoms with Crippen molar-refractivity contribution in [2.75, 3.05) is 0 Å². The monoisotopic (exact) mass is 370 g/mol. The summed E-state index contributed by atoms with van der Waals surface area (Å²) in [5.74, 6) is -0.996. The Morgan fingerprint density at radius 2 is 1.48 bits per heavy atom. The molecule has 0 aliphatic heterocycles. The van der Waals surface area contributed by atoms with Crippen molar-refractivity contribution in [2.45, 2.75) is 25.7 Å². The number of pyridine rings is 1. The van der Waals surface area contributed by atoms with Crippen molar-refractivity contribution in [1.82, 2.24) is 4.98 Å². The van der Waals surface area contributed by atoms with Crippen molar-refractivity contribution in [2.24, 2.45) is 17.2 Å². The van der Waals surface area contributed by atoms with Crippen LogP contribution in [0.2, 0.25) is 0 Å². The molecule has 2 aromatic rings. The number of aryl methyl sites for hydroxylation is 1. The van der Waals surface area contributed by atoms with Crippen LogP contribution in [0.25, 0.3) is 0 Å². The van der Waals surface area contributed by atoms with E-state index in [1.165, 1.54) is 6.20 Å². The van der Waals surface area contributed by atoms with Crippen molar-refractivity contribution >= 4 is 17.7 Å². The molecule has 27 heavy (non-hydrogen) atoms. The summed E-state index contributed by atoms with van der Waals surface area (Å²) >= 11 is 0. The molecule has 0 aliphatic carbocycles. The van der Waals surface area contributed by atoms with E-state index in [0.29, 0.717) is 25.0 Å². The number of carbonyl (C=O) groups excluding carboxylic acids is 3. The van der Waals surface area contributed by atoms with Gasteiger partial charge in [-0.15, -0.1) is 6.58 Å². The molecule has 1 aromatic carbocycles. The van der Waals surface area contributed by atoms with Gasteiger partial charge >= 0.3 is 0 Å². The topological polar surface area (TPSA) is 142 Å². The van der Waals surface area contributed by atoms with Gasteiger partial charge in [0.2, 0.25) is 11.8 Å². The SMILES string of the molecule is C=CCCC(N)=O.NC(=O)CCc1ccccc1.NC(=O)c1ccccn1. The first-order valence-electron chi connectivity index (χ1n) is 8.29. The summed E-state index contributed by atoms with van der Waals surface area (Å²) in [5, 5.41) is 0. The van der Waals surface area contributed by atoms with Gasteiger partial charge in [-0.05, 0) is 30.5 Å². The van der Waals surface area contributed by atoms with Crippen LogP contribution in [0.4, 0.5) is 0 Å². The summed E-state index contributed by atoms with van der Waals surface area (Å²) in [6.45, 7) is 3.42. The maximum absolute atomic E-state index is 10.4. The van der Waals surface area contributed by atoms with Crippen LogP contribution in [0, 0.1) is 0 Å². The number of hydrogen-bond donors (Lipinski definition) is 3. The molecule has 0 bridgehead atoms. The molecule has 2 rings (SSSR count). The largest absolute Gasteiger partial charge is 0.370 e. The molecule has 1 aromatic heterocycles. The van der Waals surface area contributed by atoms with Gasteiger partial charge in [-0.2, -0.15) is 0 Å². The average molecular weight is 370 g/mol. The first-order valence-corrected chi connectivity index (χ1v) is 8.29. The Morgan fingerprint density at radius 3 is 1.85 bits per heavy atom. The fraction of sp³-hybridized carbons (Fsp3) is 0.200. The molecule has 0 atom stereocenters. The molecule has 3 amide bonds. The average Bonchev–Trinajstić information content (AvgIpc) is 2.67. The lowest BCUT2D eigenvalue weighted by Gasteiger charge is -1.96. The number of hydrogen-bond acceptors (Lipinski definition) is 4. The number of carbonyl (C=O) groups is 3.